The number of benzene rings is 1. The summed E-state index contributed by atoms with van der Waals surface area (Å²) in [5, 5.41) is 0. The maximum absolute atomic E-state index is 13.1. The molecule has 1 fully saturated rings. The molecule has 2 nitrogen and oxygen atoms in total. The lowest BCUT2D eigenvalue weighted by Gasteiger charge is -2.31. The van der Waals surface area contributed by atoms with E-state index in [1.807, 2.05) is 0 Å². The van der Waals surface area contributed by atoms with Crippen molar-refractivity contribution in [2.75, 3.05) is 7.05 Å². The molecule has 1 aromatic carbocycles. The quantitative estimate of drug-likeness (QED) is 0.791. The van der Waals surface area contributed by atoms with Crippen LogP contribution in [0.25, 0.3) is 0 Å². The average Bonchev–Trinajstić information content (AvgIpc) is 2.41. The Kier molecular flexibility index (Phi) is 3.94. The zero-order valence-electron chi connectivity index (χ0n) is 10.5. The molecule has 1 saturated carbocycles. The van der Waals surface area contributed by atoms with Gasteiger partial charge in [-0.1, -0.05) is 19.3 Å². The molecule has 0 bridgehead atoms. The summed E-state index contributed by atoms with van der Waals surface area (Å²) in [6, 6.07) is 3.52. The van der Waals surface area contributed by atoms with Gasteiger partial charge in [-0.25, -0.2) is 8.78 Å². The number of rotatable bonds is 2. The van der Waals surface area contributed by atoms with E-state index in [4.69, 9.17) is 0 Å². The molecule has 2 rings (SSSR count). The van der Waals surface area contributed by atoms with E-state index < -0.39 is 11.6 Å². The van der Waals surface area contributed by atoms with Gasteiger partial charge in [-0.3, -0.25) is 4.79 Å². The van der Waals surface area contributed by atoms with Gasteiger partial charge in [0.2, 0.25) is 0 Å². The molecule has 0 unspecified atom stereocenters. The number of halogens is 2. The molecule has 18 heavy (non-hydrogen) atoms. The summed E-state index contributed by atoms with van der Waals surface area (Å²) in [4.78, 5) is 13.8. The van der Waals surface area contributed by atoms with Crippen LogP contribution >= 0.6 is 0 Å². The van der Waals surface area contributed by atoms with Crippen molar-refractivity contribution in [3.05, 3.63) is 35.4 Å². The smallest absolute Gasteiger partial charge is 0.253 e. The van der Waals surface area contributed by atoms with Crippen molar-refractivity contribution >= 4 is 5.91 Å². The van der Waals surface area contributed by atoms with Gasteiger partial charge in [0.15, 0.2) is 11.6 Å². The summed E-state index contributed by atoms with van der Waals surface area (Å²) in [7, 11) is 1.74. The third-order valence-corrected chi connectivity index (χ3v) is 3.61. The summed E-state index contributed by atoms with van der Waals surface area (Å²) in [6.45, 7) is 0. The van der Waals surface area contributed by atoms with Crippen LogP contribution < -0.4 is 0 Å². The monoisotopic (exact) mass is 253 g/mol. The molecule has 1 aliphatic carbocycles. The molecule has 0 atom stereocenters. The topological polar surface area (TPSA) is 20.3 Å². The Morgan fingerprint density at radius 1 is 1.17 bits per heavy atom. The van der Waals surface area contributed by atoms with Crippen molar-refractivity contribution in [1.29, 1.82) is 0 Å². The summed E-state index contributed by atoms with van der Waals surface area (Å²) < 4.78 is 25.9. The van der Waals surface area contributed by atoms with Gasteiger partial charge in [-0.2, -0.15) is 0 Å². The van der Waals surface area contributed by atoms with Crippen LogP contribution in [-0.4, -0.2) is 23.9 Å². The van der Waals surface area contributed by atoms with Crippen LogP contribution in [0.1, 0.15) is 42.5 Å². The van der Waals surface area contributed by atoms with Gasteiger partial charge in [0, 0.05) is 18.7 Å². The van der Waals surface area contributed by atoms with Crippen LogP contribution in [0.15, 0.2) is 18.2 Å². The maximum Gasteiger partial charge on any atom is 0.253 e. The average molecular weight is 253 g/mol. The Hall–Kier alpha value is -1.45. The molecule has 1 aliphatic rings. The highest BCUT2D eigenvalue weighted by Gasteiger charge is 2.23. The Bertz CT molecular complexity index is 441. The summed E-state index contributed by atoms with van der Waals surface area (Å²) in [5.41, 5.74) is 0.210. The highest BCUT2D eigenvalue weighted by molar-refractivity contribution is 5.94. The standard InChI is InChI=1S/C14H17F2NO/c1-17(11-5-3-2-4-6-11)14(18)10-7-8-12(15)13(16)9-10/h7-9,11H,2-6H2,1H3. The summed E-state index contributed by atoms with van der Waals surface area (Å²) in [6.07, 6.45) is 5.45. The predicted molar refractivity (Wildman–Crippen MR) is 65.3 cm³/mol. The zero-order valence-corrected chi connectivity index (χ0v) is 10.5. The number of carbonyl (C=O) groups excluding carboxylic acids is 1. The van der Waals surface area contributed by atoms with Crippen LogP contribution in [0.4, 0.5) is 8.78 Å². The van der Waals surface area contributed by atoms with E-state index in [-0.39, 0.29) is 17.5 Å². The normalized spacial score (nSPS) is 16.6. The van der Waals surface area contributed by atoms with E-state index in [1.54, 1.807) is 11.9 Å². The van der Waals surface area contributed by atoms with Crippen molar-refractivity contribution in [2.45, 2.75) is 38.1 Å². The molecule has 0 aromatic heterocycles. The first-order valence-corrected chi connectivity index (χ1v) is 6.32. The van der Waals surface area contributed by atoms with Crippen molar-refractivity contribution in [2.24, 2.45) is 0 Å². The molecule has 0 heterocycles. The first kappa shape index (κ1) is 13.0. The Morgan fingerprint density at radius 3 is 2.44 bits per heavy atom. The molecule has 0 spiro atoms. The lowest BCUT2D eigenvalue weighted by molar-refractivity contribution is 0.0695. The van der Waals surface area contributed by atoms with Gasteiger partial charge in [0.25, 0.3) is 5.91 Å². The molecular formula is C14H17F2NO. The van der Waals surface area contributed by atoms with E-state index in [0.717, 1.165) is 37.8 Å². The van der Waals surface area contributed by atoms with Crippen LogP contribution in [0.3, 0.4) is 0 Å². The number of carbonyl (C=O) groups is 1. The van der Waals surface area contributed by atoms with E-state index in [1.165, 1.54) is 12.5 Å². The second-order valence-corrected chi connectivity index (χ2v) is 4.84. The maximum atomic E-state index is 13.1. The van der Waals surface area contributed by atoms with Gasteiger partial charge in [0.05, 0.1) is 0 Å². The molecule has 0 saturated heterocycles. The molecule has 98 valence electrons. The zero-order chi connectivity index (χ0) is 13.1. The molecule has 4 heteroatoms. The number of hydrogen-bond donors (Lipinski definition) is 0. The largest absolute Gasteiger partial charge is 0.339 e. The molecule has 0 N–H and O–H groups in total. The minimum Gasteiger partial charge on any atom is -0.339 e. The second kappa shape index (κ2) is 5.46. The van der Waals surface area contributed by atoms with Crippen LogP contribution in [0.2, 0.25) is 0 Å². The lowest BCUT2D eigenvalue weighted by atomic mass is 9.94. The third-order valence-electron chi connectivity index (χ3n) is 3.61. The third kappa shape index (κ3) is 2.68. The number of hydrogen-bond acceptors (Lipinski definition) is 1. The molecular weight excluding hydrogens is 236 g/mol. The van der Waals surface area contributed by atoms with E-state index in [0.29, 0.717) is 0 Å². The van der Waals surface area contributed by atoms with Crippen molar-refractivity contribution in [3.63, 3.8) is 0 Å². The molecule has 0 aliphatic heterocycles. The molecule has 1 aromatic rings. The van der Waals surface area contributed by atoms with Crippen molar-refractivity contribution in [3.8, 4) is 0 Å². The Morgan fingerprint density at radius 2 is 1.83 bits per heavy atom. The second-order valence-electron chi connectivity index (χ2n) is 4.84. The van der Waals surface area contributed by atoms with Crippen molar-refractivity contribution in [1.82, 2.24) is 4.90 Å². The van der Waals surface area contributed by atoms with Gasteiger partial charge in [-0.15, -0.1) is 0 Å². The van der Waals surface area contributed by atoms with Gasteiger partial charge in [0.1, 0.15) is 0 Å². The summed E-state index contributed by atoms with van der Waals surface area (Å²) >= 11 is 0. The highest BCUT2D eigenvalue weighted by Crippen LogP contribution is 2.23. The van der Waals surface area contributed by atoms with Gasteiger partial charge >= 0.3 is 0 Å². The Balaban J connectivity index is 2.11. The number of nitrogens with zero attached hydrogens (tertiary/aromatic N) is 1. The van der Waals surface area contributed by atoms with Gasteiger partial charge in [-0.05, 0) is 31.0 Å². The van der Waals surface area contributed by atoms with Crippen molar-refractivity contribution < 1.29 is 13.6 Å². The number of amides is 1. The van der Waals surface area contributed by atoms with Crippen LogP contribution in [0.5, 0.6) is 0 Å². The van der Waals surface area contributed by atoms with Crippen LogP contribution in [-0.2, 0) is 0 Å². The lowest BCUT2D eigenvalue weighted by Crippen LogP contribution is -2.38. The Labute approximate surface area is 106 Å². The highest BCUT2D eigenvalue weighted by atomic mass is 19.2. The SMILES string of the molecule is CN(C(=O)c1ccc(F)c(F)c1)C1CCCCC1. The minimum absolute atomic E-state index is 0.210. The fourth-order valence-corrected chi connectivity index (χ4v) is 2.47. The van der Waals surface area contributed by atoms with E-state index in [9.17, 15) is 13.6 Å². The fourth-order valence-electron chi connectivity index (χ4n) is 2.47. The van der Waals surface area contributed by atoms with E-state index in [2.05, 4.69) is 0 Å². The summed E-state index contributed by atoms with van der Waals surface area (Å²) in [5.74, 6) is -2.13. The first-order valence-electron chi connectivity index (χ1n) is 6.32. The molecule has 0 radical (unpaired) electrons. The van der Waals surface area contributed by atoms with E-state index >= 15 is 0 Å². The minimum atomic E-state index is -0.974. The van der Waals surface area contributed by atoms with Gasteiger partial charge < -0.3 is 4.90 Å². The first-order chi connectivity index (χ1) is 8.59. The fraction of sp³-hybridized carbons (Fsp3) is 0.500. The van der Waals surface area contributed by atoms with Crippen LogP contribution in [0, 0.1) is 11.6 Å². The predicted octanol–water partition coefficient (Wildman–Crippen LogP) is 3.37. The molecule has 1 amide bonds.